The largest absolute Gasteiger partial charge is 0.464 e. The van der Waals surface area contributed by atoms with E-state index in [4.69, 9.17) is 10.5 Å². The van der Waals surface area contributed by atoms with Crippen LogP contribution in [0.4, 0.5) is 5.69 Å². The Hall–Kier alpha value is -2.04. The Balaban J connectivity index is 2.35. The first-order chi connectivity index (χ1) is 10.1. The van der Waals surface area contributed by atoms with E-state index in [1.54, 1.807) is 0 Å². The van der Waals surface area contributed by atoms with Crippen molar-refractivity contribution in [2.75, 3.05) is 12.3 Å². The highest BCUT2D eigenvalue weighted by molar-refractivity contribution is 5.89. The van der Waals surface area contributed by atoms with Gasteiger partial charge in [-0.2, -0.15) is 0 Å². The first kappa shape index (κ1) is 15.4. The van der Waals surface area contributed by atoms with E-state index < -0.39 is 6.04 Å². The molecule has 114 valence electrons. The van der Waals surface area contributed by atoms with E-state index in [2.05, 4.69) is 11.9 Å². The highest BCUT2D eigenvalue weighted by Gasteiger charge is 2.22. The molecule has 0 bridgehead atoms. The van der Waals surface area contributed by atoms with Crippen molar-refractivity contribution in [2.24, 2.45) is 0 Å². The van der Waals surface area contributed by atoms with Gasteiger partial charge in [-0.25, -0.2) is 9.78 Å². The van der Waals surface area contributed by atoms with Gasteiger partial charge in [0.05, 0.1) is 17.8 Å². The van der Waals surface area contributed by atoms with Crippen molar-refractivity contribution >= 4 is 22.7 Å². The van der Waals surface area contributed by atoms with Crippen LogP contribution in [0.5, 0.6) is 0 Å². The molecular formula is C16H23N3O2. The van der Waals surface area contributed by atoms with Gasteiger partial charge in [-0.3, -0.25) is 0 Å². The lowest BCUT2D eigenvalue weighted by atomic mass is 10.2. The summed E-state index contributed by atoms with van der Waals surface area (Å²) in [5.41, 5.74) is 8.24. The normalized spacial score (nSPS) is 12.5. The van der Waals surface area contributed by atoms with E-state index in [0.717, 1.165) is 36.1 Å². The molecule has 1 atom stereocenters. The molecule has 0 aliphatic rings. The van der Waals surface area contributed by atoms with Crippen molar-refractivity contribution in [2.45, 2.75) is 46.1 Å². The van der Waals surface area contributed by atoms with Crippen LogP contribution in [0.15, 0.2) is 18.2 Å². The molecule has 0 amide bonds. The average Bonchev–Trinajstić information content (AvgIpc) is 2.86. The summed E-state index contributed by atoms with van der Waals surface area (Å²) in [6.07, 6.45) is 2.63. The number of aromatic nitrogens is 2. The molecule has 2 rings (SSSR count). The second kappa shape index (κ2) is 6.61. The Morgan fingerprint density at radius 1 is 1.43 bits per heavy atom. The third-order valence-electron chi connectivity index (χ3n) is 3.61. The van der Waals surface area contributed by atoms with Crippen LogP contribution < -0.4 is 5.73 Å². The monoisotopic (exact) mass is 289 g/mol. The Labute approximate surface area is 125 Å². The molecule has 0 saturated heterocycles. The Kier molecular flexibility index (Phi) is 4.83. The molecule has 21 heavy (non-hydrogen) atoms. The smallest absolute Gasteiger partial charge is 0.328 e. The standard InChI is InChI=1S/C16H23N3O2/c1-4-6-10-21-16(20)11(3)19-13-9-7-8-12(17)15(13)18-14(19)5-2/h7-9,11H,4-6,10,17H2,1-3H3. The molecule has 1 aromatic heterocycles. The van der Waals surface area contributed by atoms with E-state index in [0.29, 0.717) is 12.3 Å². The van der Waals surface area contributed by atoms with Gasteiger partial charge in [0.25, 0.3) is 0 Å². The number of anilines is 1. The fourth-order valence-electron chi connectivity index (χ4n) is 2.41. The second-order valence-electron chi connectivity index (χ2n) is 5.16. The van der Waals surface area contributed by atoms with Crippen LogP contribution >= 0.6 is 0 Å². The maximum Gasteiger partial charge on any atom is 0.328 e. The fourth-order valence-corrected chi connectivity index (χ4v) is 2.41. The SMILES string of the molecule is CCCCOC(=O)C(C)n1c(CC)nc2c(N)cccc21. The number of para-hydroxylation sites is 1. The van der Waals surface area contributed by atoms with E-state index in [-0.39, 0.29) is 5.97 Å². The Morgan fingerprint density at radius 3 is 2.86 bits per heavy atom. The molecule has 2 N–H and O–H groups in total. The summed E-state index contributed by atoms with van der Waals surface area (Å²) in [5, 5.41) is 0. The van der Waals surface area contributed by atoms with Crippen molar-refractivity contribution in [1.82, 2.24) is 9.55 Å². The van der Waals surface area contributed by atoms with Gasteiger partial charge in [0.15, 0.2) is 0 Å². The molecular weight excluding hydrogens is 266 g/mol. The molecule has 5 heteroatoms. The van der Waals surface area contributed by atoms with Gasteiger partial charge in [-0.05, 0) is 25.5 Å². The lowest BCUT2D eigenvalue weighted by Gasteiger charge is -2.16. The van der Waals surface area contributed by atoms with Gasteiger partial charge in [-0.1, -0.05) is 26.3 Å². The zero-order chi connectivity index (χ0) is 15.4. The van der Waals surface area contributed by atoms with Crippen LogP contribution in [0.1, 0.15) is 45.5 Å². The summed E-state index contributed by atoms with van der Waals surface area (Å²) in [6.45, 7) is 6.40. The number of nitrogen functional groups attached to an aromatic ring is 1. The number of aryl methyl sites for hydroxylation is 1. The number of rotatable bonds is 6. The second-order valence-corrected chi connectivity index (χ2v) is 5.16. The summed E-state index contributed by atoms with van der Waals surface area (Å²) in [6, 6.07) is 5.24. The summed E-state index contributed by atoms with van der Waals surface area (Å²) >= 11 is 0. The summed E-state index contributed by atoms with van der Waals surface area (Å²) in [7, 11) is 0. The molecule has 0 fully saturated rings. The number of hydrogen-bond acceptors (Lipinski definition) is 4. The number of fused-ring (bicyclic) bond motifs is 1. The number of carbonyl (C=O) groups excluding carboxylic acids is 1. The summed E-state index contributed by atoms with van der Waals surface area (Å²) in [4.78, 5) is 16.8. The van der Waals surface area contributed by atoms with Crippen LogP contribution in [0.25, 0.3) is 11.0 Å². The highest BCUT2D eigenvalue weighted by Crippen LogP contribution is 2.26. The molecule has 0 spiro atoms. The number of hydrogen-bond donors (Lipinski definition) is 1. The van der Waals surface area contributed by atoms with Gasteiger partial charge < -0.3 is 15.0 Å². The minimum Gasteiger partial charge on any atom is -0.464 e. The molecule has 1 heterocycles. The molecule has 0 saturated carbocycles. The summed E-state index contributed by atoms with van der Waals surface area (Å²) < 4.78 is 7.26. The van der Waals surface area contributed by atoms with Crippen molar-refractivity contribution in [3.8, 4) is 0 Å². The number of ether oxygens (including phenoxy) is 1. The predicted molar refractivity (Wildman–Crippen MR) is 84.1 cm³/mol. The van der Waals surface area contributed by atoms with E-state index >= 15 is 0 Å². The molecule has 5 nitrogen and oxygen atoms in total. The van der Waals surface area contributed by atoms with Gasteiger partial charge in [0, 0.05) is 6.42 Å². The quantitative estimate of drug-likeness (QED) is 0.504. The third kappa shape index (κ3) is 3.01. The maximum absolute atomic E-state index is 12.2. The van der Waals surface area contributed by atoms with Crippen LogP contribution in [0, 0.1) is 0 Å². The first-order valence-electron chi connectivity index (χ1n) is 7.52. The zero-order valence-electron chi connectivity index (χ0n) is 12.9. The number of carbonyl (C=O) groups is 1. The van der Waals surface area contributed by atoms with Crippen molar-refractivity contribution in [3.05, 3.63) is 24.0 Å². The maximum atomic E-state index is 12.2. The number of imidazole rings is 1. The number of nitrogens with zero attached hydrogens (tertiary/aromatic N) is 2. The molecule has 1 unspecified atom stereocenters. The van der Waals surface area contributed by atoms with Crippen LogP contribution in [0.3, 0.4) is 0 Å². The Bertz CT molecular complexity index is 634. The topological polar surface area (TPSA) is 70.1 Å². The predicted octanol–water partition coefficient (Wildman–Crippen LogP) is 3.09. The molecule has 0 aliphatic carbocycles. The van der Waals surface area contributed by atoms with Gasteiger partial charge in [0.1, 0.15) is 17.4 Å². The van der Waals surface area contributed by atoms with Crippen molar-refractivity contribution in [1.29, 1.82) is 0 Å². The third-order valence-corrected chi connectivity index (χ3v) is 3.61. The van der Waals surface area contributed by atoms with Crippen LogP contribution in [-0.4, -0.2) is 22.1 Å². The van der Waals surface area contributed by atoms with Crippen molar-refractivity contribution < 1.29 is 9.53 Å². The number of nitrogens with two attached hydrogens (primary N) is 1. The number of unbranched alkanes of at least 4 members (excludes halogenated alkanes) is 1. The van der Waals surface area contributed by atoms with Crippen molar-refractivity contribution in [3.63, 3.8) is 0 Å². The molecule has 2 aromatic rings. The van der Waals surface area contributed by atoms with E-state index in [9.17, 15) is 4.79 Å². The van der Waals surface area contributed by atoms with Gasteiger partial charge in [-0.15, -0.1) is 0 Å². The highest BCUT2D eigenvalue weighted by atomic mass is 16.5. The van der Waals surface area contributed by atoms with E-state index in [1.807, 2.05) is 36.6 Å². The molecule has 0 aliphatic heterocycles. The number of benzene rings is 1. The minimum absolute atomic E-state index is 0.222. The molecule has 0 radical (unpaired) electrons. The Morgan fingerprint density at radius 2 is 2.19 bits per heavy atom. The first-order valence-corrected chi connectivity index (χ1v) is 7.52. The lowest BCUT2D eigenvalue weighted by Crippen LogP contribution is -2.21. The average molecular weight is 289 g/mol. The minimum atomic E-state index is -0.399. The zero-order valence-corrected chi connectivity index (χ0v) is 12.9. The number of esters is 1. The lowest BCUT2D eigenvalue weighted by molar-refractivity contribution is -0.147. The summed E-state index contributed by atoms with van der Waals surface area (Å²) in [5.74, 6) is 0.628. The van der Waals surface area contributed by atoms with Crippen LogP contribution in [-0.2, 0) is 16.0 Å². The van der Waals surface area contributed by atoms with Crippen LogP contribution in [0.2, 0.25) is 0 Å². The van der Waals surface area contributed by atoms with Gasteiger partial charge in [0.2, 0.25) is 0 Å². The van der Waals surface area contributed by atoms with Gasteiger partial charge >= 0.3 is 5.97 Å². The van der Waals surface area contributed by atoms with E-state index in [1.165, 1.54) is 0 Å². The fraction of sp³-hybridized carbons (Fsp3) is 0.500. The molecule has 1 aromatic carbocycles.